The van der Waals surface area contributed by atoms with Crippen LogP contribution in [0.1, 0.15) is 35.4 Å². The Morgan fingerprint density at radius 2 is 1.66 bits per heavy atom. The van der Waals surface area contributed by atoms with Crippen LogP contribution in [0.2, 0.25) is 0 Å². The quantitative estimate of drug-likeness (QED) is 0.325. The molecule has 182 valence electrons. The fourth-order valence-corrected chi connectivity index (χ4v) is 4.81. The van der Waals surface area contributed by atoms with Crippen molar-refractivity contribution in [2.75, 3.05) is 39.4 Å². The maximum atomic E-state index is 11.9. The molecule has 5 heteroatoms. The molecule has 1 aromatic heterocycles. The van der Waals surface area contributed by atoms with Crippen molar-refractivity contribution in [1.29, 1.82) is 0 Å². The first-order valence-corrected chi connectivity index (χ1v) is 12.6. The highest BCUT2D eigenvalue weighted by molar-refractivity contribution is 5.91. The van der Waals surface area contributed by atoms with Gasteiger partial charge in [0.05, 0.1) is 13.2 Å². The van der Waals surface area contributed by atoms with Crippen molar-refractivity contribution in [3.8, 4) is 0 Å². The van der Waals surface area contributed by atoms with Gasteiger partial charge in [0.1, 0.15) is 0 Å². The lowest BCUT2D eigenvalue weighted by Crippen LogP contribution is -2.38. The Bertz CT molecular complexity index is 993. The Kier molecular flexibility index (Phi) is 9.63. The Balaban J connectivity index is 1.14. The van der Waals surface area contributed by atoms with Crippen molar-refractivity contribution in [2.24, 2.45) is 5.92 Å². The van der Waals surface area contributed by atoms with Crippen LogP contribution >= 0.6 is 0 Å². The highest BCUT2D eigenvalue weighted by Crippen LogP contribution is 2.37. The normalized spacial score (nSPS) is 15.0. The van der Waals surface area contributed by atoms with Crippen molar-refractivity contribution in [1.82, 2.24) is 15.2 Å². The number of hydrogen-bond donors (Lipinski definition) is 1. The van der Waals surface area contributed by atoms with Gasteiger partial charge in [-0.1, -0.05) is 66.7 Å². The summed E-state index contributed by atoms with van der Waals surface area (Å²) in [5.41, 5.74) is 3.73. The van der Waals surface area contributed by atoms with Crippen molar-refractivity contribution in [3.05, 3.63) is 108 Å². The SMILES string of the molecule is O=C(/C=C\c1cccnc1)NCCOCCN1CCC(C(c2ccccc2)c2ccccc2)CC1. The van der Waals surface area contributed by atoms with E-state index in [1.165, 1.54) is 30.0 Å². The summed E-state index contributed by atoms with van der Waals surface area (Å²) in [7, 11) is 0. The fourth-order valence-electron chi connectivity index (χ4n) is 4.81. The summed E-state index contributed by atoms with van der Waals surface area (Å²) in [6.07, 6.45) is 9.09. The maximum absolute atomic E-state index is 11.9. The van der Waals surface area contributed by atoms with Crippen molar-refractivity contribution >= 4 is 12.0 Å². The van der Waals surface area contributed by atoms with Gasteiger partial charge >= 0.3 is 0 Å². The van der Waals surface area contributed by atoms with E-state index < -0.39 is 0 Å². The Morgan fingerprint density at radius 1 is 0.971 bits per heavy atom. The minimum Gasteiger partial charge on any atom is -0.378 e. The van der Waals surface area contributed by atoms with E-state index in [2.05, 4.69) is 75.9 Å². The van der Waals surface area contributed by atoms with E-state index in [1.807, 2.05) is 12.1 Å². The van der Waals surface area contributed by atoms with E-state index in [-0.39, 0.29) is 5.91 Å². The average molecular weight is 470 g/mol. The van der Waals surface area contributed by atoms with Gasteiger partial charge in [-0.2, -0.15) is 0 Å². The van der Waals surface area contributed by atoms with Gasteiger partial charge in [0.25, 0.3) is 0 Å². The third kappa shape index (κ3) is 7.88. The Labute approximate surface area is 208 Å². The van der Waals surface area contributed by atoms with Crippen LogP contribution in [-0.2, 0) is 9.53 Å². The molecule has 0 bridgehead atoms. The molecule has 0 atom stereocenters. The van der Waals surface area contributed by atoms with E-state index in [0.717, 1.165) is 25.2 Å². The largest absolute Gasteiger partial charge is 0.378 e. The minimum atomic E-state index is -0.120. The highest BCUT2D eigenvalue weighted by atomic mass is 16.5. The van der Waals surface area contributed by atoms with Gasteiger partial charge in [0, 0.05) is 37.5 Å². The van der Waals surface area contributed by atoms with Gasteiger partial charge in [-0.15, -0.1) is 0 Å². The van der Waals surface area contributed by atoms with Gasteiger partial charge in [-0.05, 0) is 60.7 Å². The number of likely N-dealkylation sites (tertiary alicyclic amines) is 1. The summed E-state index contributed by atoms with van der Waals surface area (Å²) >= 11 is 0. The first-order chi connectivity index (χ1) is 17.3. The molecule has 4 rings (SSSR count). The number of amides is 1. The number of nitrogens with one attached hydrogen (secondary N) is 1. The predicted molar refractivity (Wildman–Crippen MR) is 141 cm³/mol. The Morgan fingerprint density at radius 3 is 2.29 bits per heavy atom. The van der Waals surface area contributed by atoms with Gasteiger partial charge in [-0.3, -0.25) is 9.78 Å². The smallest absolute Gasteiger partial charge is 0.244 e. The van der Waals surface area contributed by atoms with Gasteiger partial charge in [0.15, 0.2) is 0 Å². The van der Waals surface area contributed by atoms with Crippen LogP contribution in [0.4, 0.5) is 0 Å². The molecule has 1 aliphatic heterocycles. The second-order valence-corrected chi connectivity index (χ2v) is 9.00. The van der Waals surface area contributed by atoms with Crippen molar-refractivity contribution < 1.29 is 9.53 Å². The van der Waals surface area contributed by atoms with Gasteiger partial charge in [-0.25, -0.2) is 0 Å². The number of ether oxygens (including phenoxy) is 1. The maximum Gasteiger partial charge on any atom is 0.244 e. The van der Waals surface area contributed by atoms with Crippen molar-refractivity contribution in [2.45, 2.75) is 18.8 Å². The van der Waals surface area contributed by atoms with Gasteiger partial charge < -0.3 is 15.0 Å². The summed E-state index contributed by atoms with van der Waals surface area (Å²) in [5, 5.41) is 2.86. The lowest BCUT2D eigenvalue weighted by Gasteiger charge is -2.36. The number of nitrogens with zero attached hydrogens (tertiary/aromatic N) is 2. The van der Waals surface area contributed by atoms with Crippen LogP contribution in [0.25, 0.3) is 6.08 Å². The summed E-state index contributed by atoms with van der Waals surface area (Å²) in [5.74, 6) is 0.976. The van der Waals surface area contributed by atoms with E-state index >= 15 is 0 Å². The molecule has 1 fully saturated rings. The lowest BCUT2D eigenvalue weighted by molar-refractivity contribution is -0.116. The predicted octanol–water partition coefficient (Wildman–Crippen LogP) is 4.77. The first kappa shape index (κ1) is 24.8. The van der Waals surface area contributed by atoms with Crippen LogP contribution in [0.5, 0.6) is 0 Å². The standard InChI is InChI=1S/C30H35N3O2/c34-29(14-13-25-8-7-17-31-24-25)32-18-22-35-23-21-33-19-15-28(16-20-33)30(26-9-3-1-4-10-26)27-11-5-2-6-12-27/h1-14,17,24,28,30H,15-16,18-23H2,(H,32,34)/b14-13-. The zero-order chi connectivity index (χ0) is 24.1. The molecule has 1 amide bonds. The molecule has 0 unspecified atom stereocenters. The molecular formula is C30H35N3O2. The zero-order valence-electron chi connectivity index (χ0n) is 20.3. The molecule has 1 aliphatic rings. The fraction of sp³-hybridized carbons (Fsp3) is 0.333. The molecule has 1 N–H and O–H groups in total. The molecule has 0 aliphatic carbocycles. The van der Waals surface area contributed by atoms with Crippen LogP contribution in [0.3, 0.4) is 0 Å². The second-order valence-electron chi connectivity index (χ2n) is 9.00. The molecule has 1 saturated heterocycles. The number of aromatic nitrogens is 1. The summed E-state index contributed by atoms with van der Waals surface area (Å²) < 4.78 is 5.77. The number of pyridine rings is 1. The van der Waals surface area contributed by atoms with Gasteiger partial charge in [0.2, 0.25) is 5.91 Å². The van der Waals surface area contributed by atoms with E-state index in [4.69, 9.17) is 4.74 Å². The summed E-state index contributed by atoms with van der Waals surface area (Å²) in [4.78, 5) is 18.4. The Hall–Kier alpha value is -3.28. The van der Waals surface area contributed by atoms with Crippen LogP contribution < -0.4 is 5.32 Å². The van der Waals surface area contributed by atoms with E-state index in [0.29, 0.717) is 31.6 Å². The highest BCUT2D eigenvalue weighted by Gasteiger charge is 2.28. The number of carbonyl (C=O) groups excluding carboxylic acids is 1. The molecule has 5 nitrogen and oxygen atoms in total. The number of benzene rings is 2. The van der Waals surface area contributed by atoms with E-state index in [1.54, 1.807) is 18.5 Å². The zero-order valence-corrected chi connectivity index (χ0v) is 20.3. The van der Waals surface area contributed by atoms with Crippen LogP contribution in [0.15, 0.2) is 91.3 Å². The van der Waals surface area contributed by atoms with Crippen LogP contribution in [0, 0.1) is 5.92 Å². The molecule has 0 saturated carbocycles. The molecular weight excluding hydrogens is 434 g/mol. The second kappa shape index (κ2) is 13.6. The third-order valence-corrected chi connectivity index (χ3v) is 6.63. The molecule has 2 aromatic carbocycles. The average Bonchev–Trinajstić information content (AvgIpc) is 2.92. The third-order valence-electron chi connectivity index (χ3n) is 6.63. The molecule has 0 spiro atoms. The molecule has 3 aromatic rings. The minimum absolute atomic E-state index is 0.120. The topological polar surface area (TPSA) is 54.5 Å². The van der Waals surface area contributed by atoms with E-state index in [9.17, 15) is 4.79 Å². The van der Waals surface area contributed by atoms with Crippen LogP contribution in [-0.4, -0.2) is 55.2 Å². The number of piperidine rings is 1. The number of carbonyl (C=O) groups is 1. The number of rotatable bonds is 11. The van der Waals surface area contributed by atoms with Crippen molar-refractivity contribution in [3.63, 3.8) is 0 Å². The monoisotopic (exact) mass is 469 g/mol. The molecule has 0 radical (unpaired) electrons. The molecule has 2 heterocycles. The first-order valence-electron chi connectivity index (χ1n) is 12.6. The number of hydrogen-bond acceptors (Lipinski definition) is 4. The molecule has 35 heavy (non-hydrogen) atoms. The lowest BCUT2D eigenvalue weighted by atomic mass is 9.76. The summed E-state index contributed by atoms with van der Waals surface area (Å²) in [6, 6.07) is 25.6. The summed E-state index contributed by atoms with van der Waals surface area (Å²) in [6.45, 7) is 4.84.